The Labute approximate surface area is 260 Å². The van der Waals surface area contributed by atoms with Crippen LogP contribution in [-0.2, 0) is 14.3 Å². The summed E-state index contributed by atoms with van der Waals surface area (Å²) in [6, 6.07) is 2.23. The minimum atomic E-state index is -5.08. The van der Waals surface area contributed by atoms with Crippen LogP contribution < -0.4 is 10.1 Å². The summed E-state index contributed by atoms with van der Waals surface area (Å²) in [4.78, 5) is 36.0. The van der Waals surface area contributed by atoms with E-state index < -0.39 is 24.3 Å². The van der Waals surface area contributed by atoms with Gasteiger partial charge in [-0.05, 0) is 19.4 Å². The van der Waals surface area contributed by atoms with Gasteiger partial charge in [0.1, 0.15) is 17.6 Å². The first-order valence-electron chi connectivity index (χ1n) is 12.8. The quantitative estimate of drug-likeness (QED) is 0.248. The van der Waals surface area contributed by atoms with Crippen LogP contribution in [0, 0.1) is 0 Å². The lowest BCUT2D eigenvalue weighted by Crippen LogP contribution is -2.51. The number of likely N-dealkylation sites (tertiary alicyclic amines) is 1. The van der Waals surface area contributed by atoms with Gasteiger partial charge in [-0.3, -0.25) is 4.90 Å². The molecule has 2 aromatic heterocycles. The van der Waals surface area contributed by atoms with Crippen molar-refractivity contribution in [3.8, 4) is 5.75 Å². The number of alkyl halides is 6. The molecule has 2 unspecified atom stereocenters. The highest BCUT2D eigenvalue weighted by atomic mass is 35.5. The number of nitrogens with one attached hydrogen (secondary N) is 2. The molecule has 5 rings (SSSR count). The molecule has 1 aromatic carbocycles. The number of H-pyrrole nitrogens is 1. The number of benzene rings is 1. The molecule has 45 heavy (non-hydrogen) atoms. The maximum atomic E-state index is 10.6. The van der Waals surface area contributed by atoms with Crippen molar-refractivity contribution >= 4 is 52.1 Å². The van der Waals surface area contributed by atoms with E-state index in [1.54, 1.807) is 13.4 Å². The number of fused-ring (bicyclic) bond motifs is 1. The van der Waals surface area contributed by atoms with Gasteiger partial charge in [-0.1, -0.05) is 23.2 Å². The zero-order valence-corrected chi connectivity index (χ0v) is 24.9. The number of carbonyl (C=O) groups is 2. The number of carboxylic acid groups (broad SMARTS) is 2. The first-order chi connectivity index (χ1) is 20.9. The first kappa shape index (κ1) is 35.9. The van der Waals surface area contributed by atoms with Crippen LogP contribution in [0.15, 0.2) is 18.7 Å². The molecule has 4 N–H and O–H groups in total. The summed E-state index contributed by atoms with van der Waals surface area (Å²) in [5.41, 5.74) is 3.27. The summed E-state index contributed by atoms with van der Waals surface area (Å²) in [5, 5.41) is 18.8. The van der Waals surface area contributed by atoms with Crippen molar-refractivity contribution in [2.45, 2.75) is 43.7 Å². The molecular formula is C25H26Cl2F6N6O6. The molecule has 2 fully saturated rings. The maximum Gasteiger partial charge on any atom is 0.490 e. The molecule has 0 amide bonds. The summed E-state index contributed by atoms with van der Waals surface area (Å²) < 4.78 is 74.9. The van der Waals surface area contributed by atoms with Gasteiger partial charge in [-0.15, -0.1) is 0 Å². The number of rotatable bonds is 6. The summed E-state index contributed by atoms with van der Waals surface area (Å²) in [6.07, 6.45) is -5.99. The second kappa shape index (κ2) is 14.7. The Bertz CT molecular complexity index is 1470. The molecule has 2 atom stereocenters. The highest BCUT2D eigenvalue weighted by molar-refractivity contribution is 6.42. The van der Waals surface area contributed by atoms with Crippen LogP contribution in [0.4, 0.5) is 32.2 Å². The third kappa shape index (κ3) is 8.99. The lowest BCUT2D eigenvalue weighted by atomic mass is 9.87. The lowest BCUT2D eigenvalue weighted by molar-refractivity contribution is -0.193. The number of hydrogen-bond donors (Lipinski definition) is 4. The van der Waals surface area contributed by atoms with Crippen LogP contribution in [0.2, 0.25) is 10.0 Å². The molecule has 4 heterocycles. The van der Waals surface area contributed by atoms with E-state index >= 15 is 0 Å². The average molecular weight is 691 g/mol. The fraction of sp³-hybridized carbons (Fsp3) is 0.480. The maximum absolute atomic E-state index is 10.6. The van der Waals surface area contributed by atoms with Crippen LogP contribution in [0.5, 0.6) is 5.75 Å². The van der Waals surface area contributed by atoms with E-state index in [-0.39, 0.29) is 12.0 Å². The van der Waals surface area contributed by atoms with Gasteiger partial charge in [0, 0.05) is 42.8 Å². The summed E-state index contributed by atoms with van der Waals surface area (Å²) in [5.74, 6) is -3.80. The van der Waals surface area contributed by atoms with Gasteiger partial charge >= 0.3 is 24.3 Å². The van der Waals surface area contributed by atoms with E-state index in [0.717, 1.165) is 55.1 Å². The van der Waals surface area contributed by atoms with Gasteiger partial charge in [0.05, 0.1) is 36.1 Å². The number of halogens is 8. The molecule has 0 bridgehead atoms. The van der Waals surface area contributed by atoms with E-state index in [4.69, 9.17) is 52.5 Å². The van der Waals surface area contributed by atoms with Crippen molar-refractivity contribution in [1.29, 1.82) is 0 Å². The number of aromatic nitrogens is 4. The second-order valence-corrected chi connectivity index (χ2v) is 10.5. The SMILES string of the molecule is COc1c(C(C)Nc2ncnc3nc[nH]c23)cc(Cl)c(Cl)c1C1CN(C2CCOC2)C1.O=C(O)C(F)(F)F.O=C(O)C(F)(F)F. The van der Waals surface area contributed by atoms with E-state index in [0.29, 0.717) is 27.6 Å². The first-order valence-corrected chi connectivity index (χ1v) is 13.6. The van der Waals surface area contributed by atoms with Gasteiger partial charge in [-0.25, -0.2) is 24.5 Å². The Morgan fingerprint density at radius 1 is 1.11 bits per heavy atom. The minimum Gasteiger partial charge on any atom is -0.496 e. The normalized spacial score (nSPS) is 17.8. The summed E-state index contributed by atoms with van der Waals surface area (Å²) >= 11 is 13.3. The van der Waals surface area contributed by atoms with Crippen LogP contribution in [0.25, 0.3) is 11.2 Å². The van der Waals surface area contributed by atoms with Gasteiger partial charge in [0.15, 0.2) is 11.5 Å². The van der Waals surface area contributed by atoms with Crippen molar-refractivity contribution in [3.05, 3.63) is 39.9 Å². The van der Waals surface area contributed by atoms with Crippen LogP contribution in [0.1, 0.15) is 36.4 Å². The highest BCUT2D eigenvalue weighted by Crippen LogP contribution is 2.46. The number of carboxylic acids is 2. The topological polar surface area (TPSA) is 163 Å². The number of imidazole rings is 1. The number of aliphatic carboxylic acids is 2. The predicted molar refractivity (Wildman–Crippen MR) is 148 cm³/mol. The molecule has 20 heteroatoms. The summed E-state index contributed by atoms with van der Waals surface area (Å²) in [6.45, 7) is 5.53. The number of anilines is 1. The molecule has 2 aliphatic rings. The van der Waals surface area contributed by atoms with Crippen molar-refractivity contribution < 1.29 is 55.6 Å². The zero-order chi connectivity index (χ0) is 33.7. The average Bonchev–Trinajstić information content (AvgIpc) is 3.63. The largest absolute Gasteiger partial charge is 0.496 e. The van der Waals surface area contributed by atoms with Crippen molar-refractivity contribution in [3.63, 3.8) is 0 Å². The van der Waals surface area contributed by atoms with Crippen LogP contribution in [0.3, 0.4) is 0 Å². The molecule has 12 nitrogen and oxygen atoms in total. The molecule has 2 saturated heterocycles. The Kier molecular flexibility index (Phi) is 11.7. The van der Waals surface area contributed by atoms with Crippen molar-refractivity contribution in [1.82, 2.24) is 24.8 Å². The molecule has 2 aliphatic heterocycles. The van der Waals surface area contributed by atoms with E-state index in [1.807, 2.05) is 13.0 Å². The van der Waals surface area contributed by atoms with Gasteiger partial charge in [0.2, 0.25) is 0 Å². The summed E-state index contributed by atoms with van der Waals surface area (Å²) in [7, 11) is 1.68. The molecular weight excluding hydrogens is 665 g/mol. The Morgan fingerprint density at radius 2 is 1.71 bits per heavy atom. The third-order valence-electron chi connectivity index (χ3n) is 6.71. The molecule has 0 aliphatic carbocycles. The number of hydrogen-bond acceptors (Lipinski definition) is 9. The van der Waals surface area contributed by atoms with E-state index in [9.17, 15) is 26.3 Å². The van der Waals surface area contributed by atoms with E-state index in [2.05, 4.69) is 30.2 Å². The molecule has 0 saturated carbocycles. The fourth-order valence-corrected chi connectivity index (χ4v) is 5.04. The van der Waals surface area contributed by atoms with Gasteiger partial charge < -0.3 is 30.0 Å². The molecule has 248 valence electrons. The lowest BCUT2D eigenvalue weighted by Gasteiger charge is -2.44. The van der Waals surface area contributed by atoms with Gasteiger partial charge in [-0.2, -0.15) is 26.3 Å². The zero-order valence-electron chi connectivity index (χ0n) is 23.3. The molecule has 3 aromatic rings. The Balaban J connectivity index is 0.000000331. The standard InChI is InChI=1S/C21H24Cl2N6O2.2C2HF3O2/c1-11(28-21-18-20(25-9-24-18)26-10-27-21)14-5-15(22)17(23)16(19(14)30-2)12-6-29(7-12)13-3-4-31-8-13;2*3-2(4,5)1(6)7/h5,9-13H,3-4,6-8H2,1-2H3,(H2,24,25,26,27,28);2*(H,6,7). The number of nitrogens with zero attached hydrogens (tertiary/aromatic N) is 4. The molecule has 0 radical (unpaired) electrons. The predicted octanol–water partition coefficient (Wildman–Crippen LogP) is 5.30. The fourth-order valence-electron chi connectivity index (χ4n) is 4.52. The van der Waals surface area contributed by atoms with Gasteiger partial charge in [0.25, 0.3) is 0 Å². The number of aromatic amines is 1. The number of ether oxygens (including phenoxy) is 2. The third-order valence-corrected chi connectivity index (χ3v) is 7.51. The Morgan fingerprint density at radius 3 is 2.22 bits per heavy atom. The van der Waals surface area contributed by atoms with Crippen LogP contribution >= 0.6 is 23.2 Å². The van der Waals surface area contributed by atoms with Crippen LogP contribution in [-0.4, -0.2) is 98.8 Å². The monoisotopic (exact) mass is 690 g/mol. The van der Waals surface area contributed by atoms with E-state index in [1.165, 1.54) is 6.33 Å². The highest BCUT2D eigenvalue weighted by Gasteiger charge is 2.40. The van der Waals surface area contributed by atoms with Crippen molar-refractivity contribution in [2.24, 2.45) is 0 Å². The molecule has 0 spiro atoms. The Hall–Kier alpha value is -3.61. The number of methoxy groups -OCH3 is 1. The van der Waals surface area contributed by atoms with Crippen molar-refractivity contribution in [2.75, 3.05) is 38.7 Å². The second-order valence-electron chi connectivity index (χ2n) is 9.67. The minimum absolute atomic E-state index is 0.135. The smallest absolute Gasteiger partial charge is 0.490 e.